The van der Waals surface area contributed by atoms with E-state index in [-0.39, 0.29) is 0 Å². The van der Waals surface area contributed by atoms with Crippen LogP contribution in [0.25, 0.3) is 0 Å². The Hall–Kier alpha value is -3.61. The Labute approximate surface area is 163 Å². The molecule has 1 aliphatic carbocycles. The second-order valence-corrected chi connectivity index (χ2v) is 6.58. The number of benzene rings is 2. The number of nitrogen functional groups attached to an aromatic ring is 1. The van der Waals surface area contributed by atoms with Gasteiger partial charge >= 0.3 is 5.97 Å². The van der Waals surface area contributed by atoms with Crippen molar-refractivity contribution in [3.8, 4) is 0 Å². The number of aliphatic carboxylic acids is 1. The van der Waals surface area contributed by atoms with Crippen LogP contribution in [0.4, 0.5) is 22.7 Å². The van der Waals surface area contributed by atoms with Crippen molar-refractivity contribution in [2.24, 2.45) is 26.4 Å². The van der Waals surface area contributed by atoms with Crippen LogP contribution in [0.15, 0.2) is 80.8 Å². The molecule has 142 valence electrons. The van der Waals surface area contributed by atoms with Crippen molar-refractivity contribution in [1.29, 1.82) is 0 Å². The fourth-order valence-corrected chi connectivity index (χ4v) is 2.61. The second-order valence-electron chi connectivity index (χ2n) is 6.58. The first-order valence-electron chi connectivity index (χ1n) is 8.84. The zero-order valence-electron chi connectivity index (χ0n) is 15.7. The highest BCUT2D eigenvalue weighted by atomic mass is 16.4. The number of aryl methyl sites for hydroxylation is 2. The van der Waals surface area contributed by atoms with Gasteiger partial charge in [-0.15, -0.1) is 0 Å². The van der Waals surface area contributed by atoms with Crippen LogP contribution in [0.2, 0.25) is 0 Å². The lowest BCUT2D eigenvalue weighted by Crippen LogP contribution is -2.11. The zero-order chi connectivity index (χ0) is 20.1. The number of nitrogens with zero attached hydrogens (tertiary/aromatic N) is 4. The van der Waals surface area contributed by atoms with Crippen LogP contribution >= 0.6 is 0 Å². The maximum absolute atomic E-state index is 10.9. The number of anilines is 1. The molecule has 0 aliphatic heterocycles. The van der Waals surface area contributed by atoms with Gasteiger partial charge in [-0.2, -0.15) is 20.5 Å². The Balaban J connectivity index is 1.65. The molecule has 0 fully saturated rings. The van der Waals surface area contributed by atoms with Crippen molar-refractivity contribution >= 4 is 28.7 Å². The van der Waals surface area contributed by atoms with E-state index in [4.69, 9.17) is 10.8 Å². The Morgan fingerprint density at radius 1 is 1.00 bits per heavy atom. The summed E-state index contributed by atoms with van der Waals surface area (Å²) in [6.45, 7) is 3.88. The number of carboxylic acids is 1. The third kappa shape index (κ3) is 4.76. The molecule has 1 unspecified atom stereocenters. The van der Waals surface area contributed by atoms with Gasteiger partial charge in [-0.3, -0.25) is 4.79 Å². The number of carbonyl (C=O) groups is 1. The van der Waals surface area contributed by atoms with Crippen LogP contribution in [0, 0.1) is 19.8 Å². The average Bonchev–Trinajstić information content (AvgIpc) is 2.69. The fourth-order valence-electron chi connectivity index (χ4n) is 2.61. The number of azo groups is 2. The first-order chi connectivity index (χ1) is 13.4. The first kappa shape index (κ1) is 19.2. The SMILES string of the molecule is Cc1cc(N=Nc2ccc(N=NC3=CCC(C(=O)O)C=C3)cc2)c(C)cc1N. The number of rotatable bonds is 5. The fraction of sp³-hybridized carbons (Fsp3) is 0.190. The molecule has 1 atom stereocenters. The predicted octanol–water partition coefficient (Wildman–Crippen LogP) is 5.93. The van der Waals surface area contributed by atoms with Gasteiger partial charge in [-0.25, -0.2) is 0 Å². The number of hydrogen-bond acceptors (Lipinski definition) is 6. The van der Waals surface area contributed by atoms with E-state index in [0.29, 0.717) is 23.5 Å². The third-order valence-electron chi connectivity index (χ3n) is 4.39. The summed E-state index contributed by atoms with van der Waals surface area (Å²) in [5, 5.41) is 25.8. The second kappa shape index (κ2) is 8.39. The Bertz CT molecular complexity index is 1000. The third-order valence-corrected chi connectivity index (χ3v) is 4.39. The lowest BCUT2D eigenvalue weighted by Gasteiger charge is -2.08. The summed E-state index contributed by atoms with van der Waals surface area (Å²) in [6.07, 6.45) is 5.48. The van der Waals surface area contributed by atoms with Gasteiger partial charge in [-0.05, 0) is 73.9 Å². The maximum Gasteiger partial charge on any atom is 0.310 e. The van der Waals surface area contributed by atoms with Crippen molar-refractivity contribution in [3.05, 3.63) is 71.5 Å². The molecular weight excluding hydrogens is 354 g/mol. The Kier molecular flexibility index (Phi) is 5.74. The molecule has 0 saturated carbocycles. The molecule has 0 radical (unpaired) electrons. The van der Waals surface area contributed by atoms with E-state index in [2.05, 4.69) is 20.5 Å². The summed E-state index contributed by atoms with van der Waals surface area (Å²) in [5.41, 5.74) is 11.4. The van der Waals surface area contributed by atoms with E-state index in [0.717, 1.165) is 22.5 Å². The normalized spacial score (nSPS) is 16.6. The monoisotopic (exact) mass is 375 g/mol. The van der Waals surface area contributed by atoms with Crippen molar-refractivity contribution in [2.75, 3.05) is 5.73 Å². The van der Waals surface area contributed by atoms with Gasteiger partial charge in [0.25, 0.3) is 0 Å². The highest BCUT2D eigenvalue weighted by Gasteiger charge is 2.15. The minimum atomic E-state index is -0.836. The van der Waals surface area contributed by atoms with Crippen molar-refractivity contribution in [3.63, 3.8) is 0 Å². The Morgan fingerprint density at radius 3 is 2.21 bits per heavy atom. The van der Waals surface area contributed by atoms with E-state index in [1.165, 1.54) is 0 Å². The topological polar surface area (TPSA) is 113 Å². The van der Waals surface area contributed by atoms with Crippen molar-refractivity contribution in [2.45, 2.75) is 20.3 Å². The summed E-state index contributed by atoms with van der Waals surface area (Å²) in [5.74, 6) is -1.32. The van der Waals surface area contributed by atoms with Crippen LogP contribution in [0.5, 0.6) is 0 Å². The molecule has 7 heteroatoms. The molecule has 1 aliphatic rings. The van der Waals surface area contributed by atoms with Crippen LogP contribution in [-0.4, -0.2) is 11.1 Å². The molecule has 2 aromatic carbocycles. The molecular formula is C21H21N5O2. The van der Waals surface area contributed by atoms with Crippen molar-refractivity contribution < 1.29 is 9.90 Å². The van der Waals surface area contributed by atoms with E-state index >= 15 is 0 Å². The molecule has 0 amide bonds. The minimum Gasteiger partial charge on any atom is -0.481 e. The summed E-state index contributed by atoms with van der Waals surface area (Å²) in [6, 6.07) is 11.0. The lowest BCUT2D eigenvalue weighted by molar-refractivity contribution is -0.139. The molecule has 0 aromatic heterocycles. The number of allylic oxidation sites excluding steroid dienone is 2. The smallest absolute Gasteiger partial charge is 0.310 e. The number of nitrogens with two attached hydrogens (primary N) is 1. The molecule has 0 saturated heterocycles. The van der Waals surface area contributed by atoms with E-state index in [1.54, 1.807) is 30.4 Å². The van der Waals surface area contributed by atoms with Gasteiger partial charge in [0.15, 0.2) is 0 Å². The summed E-state index contributed by atoms with van der Waals surface area (Å²) in [7, 11) is 0. The Morgan fingerprint density at radius 2 is 1.64 bits per heavy atom. The molecule has 3 N–H and O–H groups in total. The lowest BCUT2D eigenvalue weighted by atomic mass is 10.0. The summed E-state index contributed by atoms with van der Waals surface area (Å²) < 4.78 is 0. The largest absolute Gasteiger partial charge is 0.481 e. The van der Waals surface area contributed by atoms with Crippen molar-refractivity contribution in [1.82, 2.24) is 0 Å². The molecule has 7 nitrogen and oxygen atoms in total. The summed E-state index contributed by atoms with van der Waals surface area (Å²) in [4.78, 5) is 10.9. The molecule has 0 bridgehead atoms. The van der Waals surface area contributed by atoms with E-state index < -0.39 is 11.9 Å². The molecule has 2 aromatic rings. The zero-order valence-corrected chi connectivity index (χ0v) is 15.7. The quantitative estimate of drug-likeness (QED) is 0.498. The molecule has 0 spiro atoms. The predicted molar refractivity (Wildman–Crippen MR) is 108 cm³/mol. The first-order valence-corrected chi connectivity index (χ1v) is 8.84. The maximum atomic E-state index is 10.9. The van der Waals surface area contributed by atoms with Crippen LogP contribution in [0.3, 0.4) is 0 Å². The minimum absolute atomic E-state index is 0.420. The van der Waals surface area contributed by atoms with Gasteiger partial charge in [0.2, 0.25) is 0 Å². The van der Waals surface area contributed by atoms with Gasteiger partial charge in [0.1, 0.15) is 0 Å². The number of hydrogen-bond donors (Lipinski definition) is 2. The molecule has 28 heavy (non-hydrogen) atoms. The molecule has 3 rings (SSSR count). The van der Waals surface area contributed by atoms with Crippen LogP contribution in [-0.2, 0) is 4.79 Å². The highest BCUT2D eigenvalue weighted by molar-refractivity contribution is 5.73. The average molecular weight is 375 g/mol. The van der Waals surface area contributed by atoms with Gasteiger partial charge < -0.3 is 10.8 Å². The van der Waals surface area contributed by atoms with Gasteiger partial charge in [0.05, 0.1) is 28.7 Å². The summed E-state index contributed by atoms with van der Waals surface area (Å²) >= 11 is 0. The molecule has 0 heterocycles. The van der Waals surface area contributed by atoms with Gasteiger partial charge in [0, 0.05) is 5.69 Å². The van der Waals surface area contributed by atoms with E-state index in [9.17, 15) is 4.79 Å². The van der Waals surface area contributed by atoms with E-state index in [1.807, 2.05) is 38.1 Å². The standard InChI is InChI=1S/C21H21N5O2/c1-13-12-20(14(2)11-19(13)22)26-25-18-9-7-17(8-10-18)24-23-16-5-3-15(4-6-16)21(27)28/h3,5-12,15H,4,22H2,1-2H3,(H,27,28). The van der Waals surface area contributed by atoms with Gasteiger partial charge in [-0.1, -0.05) is 12.2 Å². The number of carboxylic acid groups (broad SMARTS) is 1. The highest BCUT2D eigenvalue weighted by Crippen LogP contribution is 2.27. The van der Waals surface area contributed by atoms with Crippen LogP contribution < -0.4 is 5.73 Å². The van der Waals surface area contributed by atoms with Crippen LogP contribution in [0.1, 0.15) is 17.5 Å².